The highest BCUT2D eigenvalue weighted by Gasteiger charge is 2.33. The van der Waals surface area contributed by atoms with Crippen LogP contribution in [-0.4, -0.2) is 36.0 Å². The van der Waals surface area contributed by atoms with E-state index in [2.05, 4.69) is 24.1 Å². The summed E-state index contributed by atoms with van der Waals surface area (Å²) in [5, 5.41) is 3.36. The summed E-state index contributed by atoms with van der Waals surface area (Å²) in [4.78, 5) is 14.6. The van der Waals surface area contributed by atoms with E-state index in [0.717, 1.165) is 25.9 Å². The van der Waals surface area contributed by atoms with E-state index in [0.29, 0.717) is 23.9 Å². The monoisotopic (exact) mass is 274 g/mol. The third-order valence-corrected chi connectivity index (χ3v) is 4.47. The standard InChI is InChI=1S/C14H26N2O.ClH/c1-3-13-5-4-11(2)16(13)14(17)10-12-6-8-15-9-7-12;/h11-13,15H,3-10H2,1-2H3;1H. The minimum absolute atomic E-state index is 0. The van der Waals surface area contributed by atoms with Crippen LogP contribution in [0, 0.1) is 5.92 Å². The zero-order valence-electron chi connectivity index (χ0n) is 11.7. The zero-order chi connectivity index (χ0) is 12.3. The number of nitrogens with zero attached hydrogens (tertiary/aromatic N) is 1. The molecule has 2 unspecified atom stereocenters. The predicted molar refractivity (Wildman–Crippen MR) is 77.1 cm³/mol. The van der Waals surface area contributed by atoms with Crippen LogP contribution < -0.4 is 5.32 Å². The number of likely N-dealkylation sites (tertiary alicyclic amines) is 1. The second-order valence-electron chi connectivity index (χ2n) is 5.69. The molecule has 4 heteroatoms. The summed E-state index contributed by atoms with van der Waals surface area (Å²) in [6, 6.07) is 0.980. The largest absolute Gasteiger partial charge is 0.337 e. The van der Waals surface area contributed by atoms with Gasteiger partial charge in [-0.3, -0.25) is 4.79 Å². The Morgan fingerprint density at radius 2 is 1.89 bits per heavy atom. The van der Waals surface area contributed by atoms with Gasteiger partial charge in [-0.05, 0) is 58.0 Å². The first-order valence-corrected chi connectivity index (χ1v) is 7.24. The van der Waals surface area contributed by atoms with Crippen LogP contribution >= 0.6 is 12.4 Å². The Morgan fingerprint density at radius 3 is 2.50 bits per heavy atom. The van der Waals surface area contributed by atoms with Gasteiger partial charge in [-0.25, -0.2) is 0 Å². The number of carbonyl (C=O) groups is 1. The lowest BCUT2D eigenvalue weighted by Crippen LogP contribution is -2.41. The summed E-state index contributed by atoms with van der Waals surface area (Å²) in [6.45, 7) is 6.58. The number of hydrogen-bond acceptors (Lipinski definition) is 2. The summed E-state index contributed by atoms with van der Waals surface area (Å²) in [7, 11) is 0. The molecular weight excluding hydrogens is 248 g/mol. The molecule has 0 aromatic carbocycles. The Morgan fingerprint density at radius 1 is 1.22 bits per heavy atom. The smallest absolute Gasteiger partial charge is 0.223 e. The Kier molecular flexibility index (Phi) is 6.44. The van der Waals surface area contributed by atoms with Gasteiger partial charge in [0.25, 0.3) is 0 Å². The molecule has 2 rings (SSSR count). The van der Waals surface area contributed by atoms with Crippen molar-refractivity contribution >= 4 is 18.3 Å². The van der Waals surface area contributed by atoms with Crippen LogP contribution in [0.3, 0.4) is 0 Å². The quantitative estimate of drug-likeness (QED) is 0.858. The molecule has 0 aromatic rings. The average molecular weight is 275 g/mol. The normalized spacial score (nSPS) is 29.1. The van der Waals surface area contributed by atoms with Gasteiger partial charge in [0.2, 0.25) is 5.91 Å². The van der Waals surface area contributed by atoms with Crippen LogP contribution in [0.1, 0.15) is 52.4 Å². The molecule has 0 aliphatic carbocycles. The number of halogens is 1. The highest BCUT2D eigenvalue weighted by Crippen LogP contribution is 2.28. The van der Waals surface area contributed by atoms with Crippen molar-refractivity contribution in [1.29, 1.82) is 0 Å². The Hall–Kier alpha value is -0.280. The average Bonchev–Trinajstić information content (AvgIpc) is 2.71. The first-order chi connectivity index (χ1) is 8.22. The molecule has 1 N–H and O–H groups in total. The van der Waals surface area contributed by atoms with E-state index in [1.54, 1.807) is 0 Å². The van der Waals surface area contributed by atoms with Crippen molar-refractivity contribution in [3.05, 3.63) is 0 Å². The molecule has 0 spiro atoms. The fourth-order valence-electron chi connectivity index (χ4n) is 3.36. The van der Waals surface area contributed by atoms with E-state index in [1.165, 1.54) is 25.7 Å². The minimum Gasteiger partial charge on any atom is -0.337 e. The molecule has 0 radical (unpaired) electrons. The van der Waals surface area contributed by atoms with Crippen molar-refractivity contribution in [1.82, 2.24) is 10.2 Å². The number of carbonyl (C=O) groups excluding carboxylic acids is 1. The van der Waals surface area contributed by atoms with Gasteiger partial charge in [-0.1, -0.05) is 6.92 Å². The van der Waals surface area contributed by atoms with Gasteiger partial charge in [-0.15, -0.1) is 12.4 Å². The third-order valence-electron chi connectivity index (χ3n) is 4.47. The maximum absolute atomic E-state index is 12.4. The highest BCUT2D eigenvalue weighted by atomic mass is 35.5. The Labute approximate surface area is 117 Å². The number of rotatable bonds is 3. The third kappa shape index (κ3) is 3.61. The second-order valence-corrected chi connectivity index (χ2v) is 5.69. The molecular formula is C14H27ClN2O. The van der Waals surface area contributed by atoms with Crippen LogP contribution in [0.4, 0.5) is 0 Å². The first-order valence-electron chi connectivity index (χ1n) is 7.24. The maximum atomic E-state index is 12.4. The summed E-state index contributed by atoms with van der Waals surface area (Å²) < 4.78 is 0. The molecule has 2 atom stereocenters. The number of nitrogens with one attached hydrogen (secondary N) is 1. The maximum Gasteiger partial charge on any atom is 0.223 e. The summed E-state index contributed by atoms with van der Waals surface area (Å²) in [5.41, 5.74) is 0. The zero-order valence-corrected chi connectivity index (χ0v) is 12.5. The topological polar surface area (TPSA) is 32.3 Å². The van der Waals surface area contributed by atoms with Gasteiger partial charge in [0.15, 0.2) is 0 Å². The van der Waals surface area contributed by atoms with Gasteiger partial charge in [0.1, 0.15) is 0 Å². The van der Waals surface area contributed by atoms with Gasteiger partial charge in [0.05, 0.1) is 0 Å². The van der Waals surface area contributed by atoms with E-state index in [1.807, 2.05) is 0 Å². The molecule has 2 saturated heterocycles. The van der Waals surface area contributed by atoms with Crippen LogP contribution in [0.15, 0.2) is 0 Å². The molecule has 0 saturated carbocycles. The second kappa shape index (κ2) is 7.34. The molecule has 0 bridgehead atoms. The van der Waals surface area contributed by atoms with Crippen molar-refractivity contribution in [2.45, 2.75) is 64.5 Å². The SMILES string of the molecule is CCC1CCC(C)N1C(=O)CC1CCNCC1.Cl. The Balaban J connectivity index is 0.00000162. The molecule has 2 heterocycles. The molecule has 2 aliphatic rings. The predicted octanol–water partition coefficient (Wildman–Crippen LogP) is 2.59. The van der Waals surface area contributed by atoms with Crippen molar-refractivity contribution in [2.24, 2.45) is 5.92 Å². The molecule has 18 heavy (non-hydrogen) atoms. The number of hydrogen-bond donors (Lipinski definition) is 1. The molecule has 2 fully saturated rings. The lowest BCUT2D eigenvalue weighted by Gasteiger charge is -2.31. The van der Waals surface area contributed by atoms with Crippen molar-refractivity contribution in [3.8, 4) is 0 Å². The van der Waals surface area contributed by atoms with Crippen LogP contribution in [-0.2, 0) is 4.79 Å². The molecule has 0 aromatic heterocycles. The molecule has 106 valence electrons. The lowest BCUT2D eigenvalue weighted by atomic mass is 9.94. The molecule has 1 amide bonds. The van der Waals surface area contributed by atoms with Gasteiger partial charge < -0.3 is 10.2 Å². The number of amides is 1. The first kappa shape index (κ1) is 15.8. The molecule has 2 aliphatic heterocycles. The van der Waals surface area contributed by atoms with E-state index in [-0.39, 0.29) is 12.4 Å². The van der Waals surface area contributed by atoms with Crippen LogP contribution in [0.25, 0.3) is 0 Å². The lowest BCUT2D eigenvalue weighted by molar-refractivity contribution is -0.135. The van der Waals surface area contributed by atoms with E-state index in [4.69, 9.17) is 0 Å². The van der Waals surface area contributed by atoms with Gasteiger partial charge in [0, 0.05) is 18.5 Å². The summed E-state index contributed by atoms with van der Waals surface area (Å²) >= 11 is 0. The van der Waals surface area contributed by atoms with E-state index >= 15 is 0 Å². The van der Waals surface area contributed by atoms with Crippen LogP contribution in [0.2, 0.25) is 0 Å². The fraction of sp³-hybridized carbons (Fsp3) is 0.929. The van der Waals surface area contributed by atoms with Gasteiger partial charge in [-0.2, -0.15) is 0 Å². The van der Waals surface area contributed by atoms with E-state index < -0.39 is 0 Å². The van der Waals surface area contributed by atoms with Gasteiger partial charge >= 0.3 is 0 Å². The minimum atomic E-state index is 0. The van der Waals surface area contributed by atoms with Crippen LogP contribution in [0.5, 0.6) is 0 Å². The fourth-order valence-corrected chi connectivity index (χ4v) is 3.36. The summed E-state index contributed by atoms with van der Waals surface area (Å²) in [6.07, 6.45) is 6.63. The molecule has 3 nitrogen and oxygen atoms in total. The van der Waals surface area contributed by atoms with E-state index in [9.17, 15) is 4.79 Å². The number of piperidine rings is 1. The van der Waals surface area contributed by atoms with Crippen molar-refractivity contribution in [2.75, 3.05) is 13.1 Å². The highest BCUT2D eigenvalue weighted by molar-refractivity contribution is 5.85. The van der Waals surface area contributed by atoms with Crippen molar-refractivity contribution in [3.63, 3.8) is 0 Å². The Bertz CT molecular complexity index is 267. The summed E-state index contributed by atoms with van der Waals surface area (Å²) in [5.74, 6) is 1.03. The van der Waals surface area contributed by atoms with Crippen molar-refractivity contribution < 1.29 is 4.79 Å².